The molecule has 0 bridgehead atoms. The molecule has 28 heavy (non-hydrogen) atoms. The van der Waals surface area contributed by atoms with Gasteiger partial charge in [-0.2, -0.15) is 0 Å². The lowest BCUT2D eigenvalue weighted by atomic mass is 9.83. The van der Waals surface area contributed by atoms with Gasteiger partial charge in [-0.1, -0.05) is 37.0 Å². The summed E-state index contributed by atoms with van der Waals surface area (Å²) in [5, 5.41) is 6.24. The predicted molar refractivity (Wildman–Crippen MR) is 115 cm³/mol. The van der Waals surface area contributed by atoms with Crippen molar-refractivity contribution >= 4 is 23.2 Å². The zero-order valence-corrected chi connectivity index (χ0v) is 17.7. The molecule has 1 saturated heterocycles. The van der Waals surface area contributed by atoms with Crippen molar-refractivity contribution in [1.29, 1.82) is 0 Å². The molecule has 0 unspecified atom stereocenters. The molecular weight excluding hydrogens is 391 g/mol. The third-order valence-corrected chi connectivity index (χ3v) is 5.90. The van der Waals surface area contributed by atoms with Crippen LogP contribution in [0.25, 0.3) is 17.1 Å². The molecule has 0 amide bonds. The van der Waals surface area contributed by atoms with Crippen LogP contribution in [-0.2, 0) is 6.54 Å². The smallest absolute Gasteiger partial charge is 0.165 e. The zero-order valence-electron chi connectivity index (χ0n) is 16.2. The second kappa shape index (κ2) is 7.86. The van der Waals surface area contributed by atoms with Gasteiger partial charge in [0.2, 0.25) is 0 Å². The molecule has 0 N–H and O–H groups in total. The number of benzene rings is 2. The van der Waals surface area contributed by atoms with E-state index in [0.29, 0.717) is 15.5 Å². The van der Waals surface area contributed by atoms with E-state index >= 15 is 0 Å². The molecule has 6 heteroatoms. The van der Waals surface area contributed by atoms with Crippen molar-refractivity contribution in [3.8, 4) is 17.1 Å². The molecule has 0 atom stereocenters. The Bertz CT molecular complexity index is 873. The number of aromatic nitrogens is 3. The summed E-state index contributed by atoms with van der Waals surface area (Å²) in [4.78, 5) is 7.32. The summed E-state index contributed by atoms with van der Waals surface area (Å²) >= 11 is 12.1. The van der Waals surface area contributed by atoms with Crippen molar-refractivity contribution in [3.05, 3.63) is 64.4 Å². The van der Waals surface area contributed by atoms with E-state index in [-0.39, 0.29) is 0 Å². The predicted octanol–water partition coefficient (Wildman–Crippen LogP) is 5.86. The highest BCUT2D eigenvalue weighted by Gasteiger charge is 2.26. The van der Waals surface area contributed by atoms with E-state index in [1.807, 2.05) is 53.2 Å². The molecule has 146 valence electrons. The van der Waals surface area contributed by atoms with E-state index in [1.165, 1.54) is 12.8 Å². The Balaban J connectivity index is 1.66. The quantitative estimate of drug-likeness (QED) is 0.535. The number of piperidine rings is 1. The van der Waals surface area contributed by atoms with Crippen LogP contribution in [0.5, 0.6) is 0 Å². The Labute approximate surface area is 176 Å². The molecule has 0 spiro atoms. The number of nitrogens with zero attached hydrogens (tertiary/aromatic N) is 4. The first kappa shape index (κ1) is 19.4. The molecule has 4 rings (SSSR count). The average Bonchev–Trinajstić information content (AvgIpc) is 3.08. The van der Waals surface area contributed by atoms with Crippen molar-refractivity contribution < 1.29 is 0 Å². The van der Waals surface area contributed by atoms with E-state index in [1.54, 1.807) is 0 Å². The minimum atomic E-state index is 0.432. The summed E-state index contributed by atoms with van der Waals surface area (Å²) in [5.74, 6) is 1.64. The highest BCUT2D eigenvalue weighted by molar-refractivity contribution is 6.30. The van der Waals surface area contributed by atoms with Crippen LogP contribution in [0.2, 0.25) is 10.0 Å². The van der Waals surface area contributed by atoms with E-state index in [4.69, 9.17) is 33.3 Å². The zero-order chi connectivity index (χ0) is 19.7. The minimum Gasteiger partial charge on any atom is -0.296 e. The lowest BCUT2D eigenvalue weighted by molar-refractivity contribution is 0.124. The monoisotopic (exact) mass is 414 g/mol. The van der Waals surface area contributed by atoms with Gasteiger partial charge in [-0.05, 0) is 79.9 Å². The molecule has 1 fully saturated rings. The van der Waals surface area contributed by atoms with Gasteiger partial charge in [-0.25, -0.2) is 9.67 Å². The van der Waals surface area contributed by atoms with Crippen molar-refractivity contribution in [2.75, 3.05) is 13.1 Å². The Morgan fingerprint density at radius 2 is 1.46 bits per heavy atom. The largest absolute Gasteiger partial charge is 0.296 e. The number of likely N-dealkylation sites (tertiary alicyclic amines) is 1. The van der Waals surface area contributed by atoms with Crippen LogP contribution in [0, 0.1) is 5.41 Å². The third-order valence-electron chi connectivity index (χ3n) is 5.40. The number of rotatable bonds is 4. The maximum absolute atomic E-state index is 6.07. The van der Waals surface area contributed by atoms with Crippen LogP contribution < -0.4 is 0 Å². The van der Waals surface area contributed by atoms with Gasteiger partial charge in [0, 0.05) is 15.6 Å². The summed E-state index contributed by atoms with van der Waals surface area (Å²) in [6.07, 6.45) is 2.41. The van der Waals surface area contributed by atoms with Crippen LogP contribution in [0.15, 0.2) is 48.5 Å². The Kier molecular flexibility index (Phi) is 5.46. The molecule has 1 aliphatic rings. The fourth-order valence-electron chi connectivity index (χ4n) is 3.49. The summed E-state index contributed by atoms with van der Waals surface area (Å²) in [6.45, 7) is 7.61. The molecule has 4 nitrogen and oxygen atoms in total. The van der Waals surface area contributed by atoms with Crippen molar-refractivity contribution in [3.63, 3.8) is 0 Å². The normalized spacial score (nSPS) is 17.0. The molecule has 2 heterocycles. The highest BCUT2D eigenvalue weighted by Crippen LogP contribution is 2.30. The van der Waals surface area contributed by atoms with Gasteiger partial charge in [0.05, 0.1) is 12.2 Å². The van der Waals surface area contributed by atoms with Crippen LogP contribution in [0.4, 0.5) is 0 Å². The van der Waals surface area contributed by atoms with Gasteiger partial charge in [0.25, 0.3) is 0 Å². The Hall–Kier alpha value is -1.88. The van der Waals surface area contributed by atoms with Gasteiger partial charge in [0.15, 0.2) is 11.6 Å². The van der Waals surface area contributed by atoms with E-state index in [0.717, 1.165) is 42.5 Å². The Morgan fingerprint density at radius 3 is 2.07 bits per heavy atom. The van der Waals surface area contributed by atoms with Crippen molar-refractivity contribution in [2.24, 2.45) is 5.41 Å². The van der Waals surface area contributed by atoms with Crippen LogP contribution in [-0.4, -0.2) is 32.8 Å². The topological polar surface area (TPSA) is 34.0 Å². The van der Waals surface area contributed by atoms with Gasteiger partial charge in [-0.15, -0.1) is 5.10 Å². The summed E-state index contributed by atoms with van der Waals surface area (Å²) < 4.78 is 1.89. The lowest BCUT2D eigenvalue weighted by Gasteiger charge is -2.36. The number of hydrogen-bond donors (Lipinski definition) is 0. The van der Waals surface area contributed by atoms with Gasteiger partial charge in [0.1, 0.15) is 0 Å². The van der Waals surface area contributed by atoms with Crippen LogP contribution in [0.1, 0.15) is 32.5 Å². The van der Waals surface area contributed by atoms with E-state index < -0.39 is 0 Å². The molecule has 0 radical (unpaired) electrons. The van der Waals surface area contributed by atoms with E-state index in [9.17, 15) is 0 Å². The van der Waals surface area contributed by atoms with Gasteiger partial charge >= 0.3 is 0 Å². The van der Waals surface area contributed by atoms with Crippen LogP contribution in [0.3, 0.4) is 0 Å². The van der Waals surface area contributed by atoms with Gasteiger partial charge < -0.3 is 0 Å². The molecule has 3 aromatic rings. The summed E-state index contributed by atoms with van der Waals surface area (Å²) in [6, 6.07) is 15.4. The number of hydrogen-bond acceptors (Lipinski definition) is 3. The number of halogens is 2. The second-order valence-corrected chi connectivity index (χ2v) is 9.06. The molecule has 0 aliphatic carbocycles. The third kappa shape index (κ3) is 4.40. The maximum atomic E-state index is 6.07. The van der Waals surface area contributed by atoms with E-state index in [2.05, 4.69) is 18.7 Å². The fraction of sp³-hybridized carbons (Fsp3) is 0.364. The summed E-state index contributed by atoms with van der Waals surface area (Å²) in [5.41, 5.74) is 2.35. The molecule has 1 aliphatic heterocycles. The standard InChI is InChI=1S/C22H24Cl2N4/c1-22(2)11-13-27(14-12-22)15-20-25-21(16-3-5-17(23)6-4-16)28(26-20)19-9-7-18(24)8-10-19/h3-10H,11-15H2,1-2H3. The second-order valence-electron chi connectivity index (χ2n) is 8.19. The first-order valence-electron chi connectivity index (χ1n) is 9.60. The summed E-state index contributed by atoms with van der Waals surface area (Å²) in [7, 11) is 0. The molecular formula is C22H24Cl2N4. The molecule has 1 aromatic heterocycles. The molecule has 2 aromatic carbocycles. The van der Waals surface area contributed by atoms with Gasteiger partial charge in [-0.3, -0.25) is 4.90 Å². The highest BCUT2D eigenvalue weighted by atomic mass is 35.5. The first-order valence-corrected chi connectivity index (χ1v) is 10.4. The average molecular weight is 415 g/mol. The SMILES string of the molecule is CC1(C)CCN(Cc2nc(-c3ccc(Cl)cc3)n(-c3ccc(Cl)cc3)n2)CC1. The van der Waals surface area contributed by atoms with Crippen molar-refractivity contribution in [1.82, 2.24) is 19.7 Å². The maximum Gasteiger partial charge on any atom is 0.165 e. The minimum absolute atomic E-state index is 0.432. The lowest BCUT2D eigenvalue weighted by Crippen LogP contribution is -2.37. The van der Waals surface area contributed by atoms with Crippen LogP contribution >= 0.6 is 23.2 Å². The van der Waals surface area contributed by atoms with Crippen molar-refractivity contribution in [2.45, 2.75) is 33.2 Å². The first-order chi connectivity index (χ1) is 13.4. The fourth-order valence-corrected chi connectivity index (χ4v) is 3.74. The Morgan fingerprint density at radius 1 is 0.893 bits per heavy atom. The molecule has 0 saturated carbocycles.